The van der Waals surface area contributed by atoms with E-state index in [2.05, 4.69) is 0 Å². The highest BCUT2D eigenvalue weighted by Gasteiger charge is 2.34. The van der Waals surface area contributed by atoms with Gasteiger partial charge in [0.15, 0.2) is 0 Å². The van der Waals surface area contributed by atoms with Crippen molar-refractivity contribution >= 4 is 23.5 Å². The predicted octanol–water partition coefficient (Wildman–Crippen LogP) is 1.24. The summed E-state index contributed by atoms with van der Waals surface area (Å²) in [5.41, 5.74) is 1.19. The molecule has 0 atom stereocenters. The molecule has 0 saturated carbocycles. The van der Waals surface area contributed by atoms with Crippen LogP contribution in [0.4, 0.5) is 5.69 Å². The van der Waals surface area contributed by atoms with E-state index in [1.807, 2.05) is 6.92 Å². The van der Waals surface area contributed by atoms with E-state index in [-0.39, 0.29) is 29.6 Å². The molecule has 2 aliphatic heterocycles. The summed E-state index contributed by atoms with van der Waals surface area (Å²) in [4.78, 5) is 36.1. The average molecular weight is 315 g/mol. The molecule has 0 aromatic heterocycles. The second kappa shape index (κ2) is 5.96. The summed E-state index contributed by atoms with van der Waals surface area (Å²) in [5.74, 6) is -1.03. The summed E-state index contributed by atoms with van der Waals surface area (Å²) in [5, 5.41) is 0. The SMILES string of the molecule is CC1(COC(=O)Cc2ccc(N3C(=O)C=CC3=O)cc2)COC1. The fourth-order valence-electron chi connectivity index (χ4n) is 2.42. The van der Waals surface area contributed by atoms with E-state index in [1.54, 1.807) is 24.3 Å². The molecule has 23 heavy (non-hydrogen) atoms. The third-order valence-electron chi connectivity index (χ3n) is 3.83. The van der Waals surface area contributed by atoms with E-state index in [4.69, 9.17) is 9.47 Å². The van der Waals surface area contributed by atoms with Gasteiger partial charge in [-0.1, -0.05) is 19.1 Å². The van der Waals surface area contributed by atoms with Gasteiger partial charge in [-0.15, -0.1) is 0 Å². The number of rotatable bonds is 5. The van der Waals surface area contributed by atoms with Crippen molar-refractivity contribution < 1.29 is 23.9 Å². The van der Waals surface area contributed by atoms with E-state index in [9.17, 15) is 14.4 Å². The molecule has 0 bridgehead atoms. The Balaban J connectivity index is 1.56. The first-order chi connectivity index (χ1) is 11.0. The lowest BCUT2D eigenvalue weighted by molar-refractivity contribution is -0.164. The minimum Gasteiger partial charge on any atom is -0.465 e. The lowest BCUT2D eigenvalue weighted by atomic mass is 9.90. The Bertz CT molecular complexity index is 655. The first-order valence-corrected chi connectivity index (χ1v) is 7.35. The molecule has 1 aromatic rings. The molecule has 2 aliphatic rings. The third kappa shape index (κ3) is 3.32. The van der Waals surface area contributed by atoms with Gasteiger partial charge in [-0.25, -0.2) is 4.90 Å². The number of esters is 1. The normalized spacial score (nSPS) is 18.9. The molecule has 2 heterocycles. The minimum absolute atomic E-state index is 0.0665. The van der Waals surface area contributed by atoms with Crippen molar-refractivity contribution in [2.24, 2.45) is 5.41 Å². The fraction of sp³-hybridized carbons (Fsp3) is 0.353. The number of nitrogens with zero attached hydrogens (tertiary/aromatic N) is 1. The van der Waals surface area contributed by atoms with Crippen LogP contribution in [0.5, 0.6) is 0 Å². The van der Waals surface area contributed by atoms with Gasteiger partial charge in [0.2, 0.25) is 0 Å². The number of anilines is 1. The maximum atomic E-state index is 11.9. The van der Waals surface area contributed by atoms with E-state index >= 15 is 0 Å². The second-order valence-electron chi connectivity index (χ2n) is 6.15. The lowest BCUT2D eigenvalue weighted by Crippen LogP contribution is -2.44. The van der Waals surface area contributed by atoms with Gasteiger partial charge in [0.1, 0.15) is 6.61 Å². The van der Waals surface area contributed by atoms with Crippen molar-refractivity contribution in [2.45, 2.75) is 13.3 Å². The highest BCUT2D eigenvalue weighted by Crippen LogP contribution is 2.26. The monoisotopic (exact) mass is 315 g/mol. The van der Waals surface area contributed by atoms with Crippen molar-refractivity contribution in [3.63, 3.8) is 0 Å². The highest BCUT2D eigenvalue weighted by atomic mass is 16.5. The van der Waals surface area contributed by atoms with Crippen LogP contribution in [0.1, 0.15) is 12.5 Å². The van der Waals surface area contributed by atoms with Crippen molar-refractivity contribution in [3.8, 4) is 0 Å². The molecule has 120 valence electrons. The Hall–Kier alpha value is -2.47. The van der Waals surface area contributed by atoms with E-state index in [0.717, 1.165) is 10.5 Å². The van der Waals surface area contributed by atoms with Gasteiger partial charge in [-0.2, -0.15) is 0 Å². The molecule has 1 fully saturated rings. The number of carbonyl (C=O) groups is 3. The number of hydrogen-bond acceptors (Lipinski definition) is 5. The van der Waals surface area contributed by atoms with Crippen LogP contribution in [0.15, 0.2) is 36.4 Å². The second-order valence-corrected chi connectivity index (χ2v) is 6.15. The molecule has 0 N–H and O–H groups in total. The van der Waals surface area contributed by atoms with Crippen LogP contribution < -0.4 is 4.90 Å². The van der Waals surface area contributed by atoms with Gasteiger partial charge in [0.05, 0.1) is 25.3 Å². The Labute approximate surface area is 133 Å². The van der Waals surface area contributed by atoms with E-state index in [1.165, 1.54) is 12.2 Å². The minimum atomic E-state index is -0.363. The zero-order chi connectivity index (χ0) is 16.4. The fourth-order valence-corrected chi connectivity index (χ4v) is 2.42. The summed E-state index contributed by atoms with van der Waals surface area (Å²) in [6.07, 6.45) is 2.62. The van der Waals surface area contributed by atoms with Crippen molar-refractivity contribution in [1.29, 1.82) is 0 Å². The molecular weight excluding hydrogens is 298 g/mol. The van der Waals surface area contributed by atoms with Gasteiger partial charge >= 0.3 is 5.97 Å². The molecule has 0 radical (unpaired) electrons. The van der Waals surface area contributed by atoms with Crippen molar-refractivity contribution in [1.82, 2.24) is 0 Å². The molecule has 6 heteroatoms. The Kier molecular flexibility index (Phi) is 4.00. The maximum absolute atomic E-state index is 11.9. The Morgan fingerprint density at radius 2 is 1.78 bits per heavy atom. The smallest absolute Gasteiger partial charge is 0.310 e. The summed E-state index contributed by atoms with van der Waals surface area (Å²) in [7, 11) is 0. The maximum Gasteiger partial charge on any atom is 0.310 e. The molecule has 1 saturated heterocycles. The van der Waals surface area contributed by atoms with E-state index in [0.29, 0.717) is 25.5 Å². The molecule has 0 aliphatic carbocycles. The van der Waals surface area contributed by atoms with Gasteiger partial charge in [0.25, 0.3) is 11.8 Å². The molecule has 3 rings (SSSR count). The van der Waals surface area contributed by atoms with Gasteiger partial charge in [-0.05, 0) is 17.7 Å². The van der Waals surface area contributed by atoms with Crippen LogP contribution in [-0.2, 0) is 30.3 Å². The van der Waals surface area contributed by atoms with Crippen molar-refractivity contribution in [2.75, 3.05) is 24.7 Å². The van der Waals surface area contributed by atoms with Crippen LogP contribution in [0.25, 0.3) is 0 Å². The number of hydrogen-bond donors (Lipinski definition) is 0. The molecule has 1 aromatic carbocycles. The Morgan fingerprint density at radius 1 is 1.17 bits per heavy atom. The summed E-state index contributed by atoms with van der Waals surface area (Å²) < 4.78 is 10.4. The highest BCUT2D eigenvalue weighted by molar-refractivity contribution is 6.28. The van der Waals surface area contributed by atoms with Crippen LogP contribution in [-0.4, -0.2) is 37.6 Å². The van der Waals surface area contributed by atoms with Crippen LogP contribution >= 0.6 is 0 Å². The first kappa shape index (κ1) is 15.4. The van der Waals surface area contributed by atoms with Crippen LogP contribution in [0.3, 0.4) is 0 Å². The standard InChI is InChI=1S/C17H17NO5/c1-17(9-22-10-17)11-23-16(21)8-12-2-4-13(5-3-12)18-14(19)6-7-15(18)20/h2-7H,8-11H2,1H3. The molecule has 2 amide bonds. The number of imide groups is 1. The molecule has 0 spiro atoms. The van der Waals surface area contributed by atoms with Crippen LogP contribution in [0.2, 0.25) is 0 Å². The molecule has 0 unspecified atom stereocenters. The predicted molar refractivity (Wildman–Crippen MR) is 81.7 cm³/mol. The van der Waals surface area contributed by atoms with Gasteiger partial charge in [-0.3, -0.25) is 14.4 Å². The van der Waals surface area contributed by atoms with E-state index < -0.39 is 0 Å². The average Bonchev–Trinajstić information content (AvgIpc) is 2.83. The summed E-state index contributed by atoms with van der Waals surface area (Å²) >= 11 is 0. The lowest BCUT2D eigenvalue weighted by Gasteiger charge is -2.37. The Morgan fingerprint density at radius 3 is 2.30 bits per heavy atom. The molecule has 6 nitrogen and oxygen atoms in total. The third-order valence-corrected chi connectivity index (χ3v) is 3.83. The number of benzene rings is 1. The van der Waals surface area contributed by atoms with Gasteiger partial charge in [0, 0.05) is 17.6 Å². The number of amides is 2. The van der Waals surface area contributed by atoms with Crippen molar-refractivity contribution in [3.05, 3.63) is 42.0 Å². The van der Waals surface area contributed by atoms with Gasteiger partial charge < -0.3 is 9.47 Å². The summed E-state index contributed by atoms with van der Waals surface area (Å²) in [6, 6.07) is 6.71. The summed E-state index contributed by atoms with van der Waals surface area (Å²) in [6.45, 7) is 3.59. The first-order valence-electron chi connectivity index (χ1n) is 7.35. The number of ether oxygens (including phenoxy) is 2. The zero-order valence-corrected chi connectivity index (χ0v) is 12.8. The number of carbonyl (C=O) groups excluding carboxylic acids is 3. The zero-order valence-electron chi connectivity index (χ0n) is 12.8. The molecular formula is C17H17NO5. The topological polar surface area (TPSA) is 72.9 Å². The quantitative estimate of drug-likeness (QED) is 0.604. The van der Waals surface area contributed by atoms with Crippen LogP contribution in [0, 0.1) is 5.41 Å². The largest absolute Gasteiger partial charge is 0.465 e.